The van der Waals surface area contributed by atoms with E-state index in [4.69, 9.17) is 0 Å². The Morgan fingerprint density at radius 3 is 0.626 bits per heavy atom. The first-order chi connectivity index (χ1) is 58.5. The quantitative estimate of drug-likeness (QED) is 0.0252. The van der Waals surface area contributed by atoms with Crippen molar-refractivity contribution in [2.45, 2.75) is 536 Å². The summed E-state index contributed by atoms with van der Waals surface area (Å²) in [6, 6.07) is -5.65. The molecule has 0 bridgehead atoms. The standard InChI is InChI=1S/C48H98N8O4.C39H80N8O4.C17H33NO2/c1-43(2,3)39(57)35(27-19-23-31-49-44(4,5)6)53-40(58)36(28-20-24-32-50-45(7,8)9)54-41(59)37(29-21-25-33-51-46(10,11)12)55-42(60)38(56-48(16,17)18)30-22-26-34-52-47(13,14)15;1-34(2,3)30(48)27(45-37(10,11)12)23-40-32(50)29(47-39(16,17)18)25-42-33(51)28(46-38(13,14)15)24-41-31(49)26(44-36(7,8)9)21-19-20-22-43-35(4,5)6;1-15(2,3)13(19)11-10-12(18-17(7,8)9)14(20)16(4,5)6/h35-38,49-52,56H,19-34H2,1-18H3,(H,53,58)(H,54,59)(H,55,60);26-29,43-47H,19-25H2,1-18H3,(H,40,50)(H,41,49)(H,42,51);12,18H,10-11H2,1-9H3. The fourth-order valence-corrected chi connectivity index (χ4v) is 14.1. The number of Topliss-reactive ketones (excluding diaryl/α,β-unsaturated/α-hetero) is 4. The fourth-order valence-electron chi connectivity index (χ4n) is 14.1. The Morgan fingerprint density at radius 2 is 0.374 bits per heavy atom. The van der Waals surface area contributed by atoms with E-state index < -0.39 is 75.7 Å². The van der Waals surface area contributed by atoms with Crippen molar-refractivity contribution in [2.24, 2.45) is 21.7 Å². The summed E-state index contributed by atoms with van der Waals surface area (Å²) in [5.74, 6) is -1.41. The van der Waals surface area contributed by atoms with Crippen LogP contribution in [0.3, 0.4) is 0 Å². The van der Waals surface area contributed by atoms with Gasteiger partial charge in [0.15, 0.2) is 17.3 Å². The molecule has 0 heterocycles. The van der Waals surface area contributed by atoms with Gasteiger partial charge in [-0.3, -0.25) is 58.6 Å². The lowest BCUT2D eigenvalue weighted by atomic mass is 9.81. The predicted molar refractivity (Wildman–Crippen MR) is 550 cm³/mol. The summed E-state index contributed by atoms with van der Waals surface area (Å²) in [5, 5.41) is 56.1. The number of carbonyl (C=O) groups excluding carboxylic acids is 10. The van der Waals surface area contributed by atoms with Crippen molar-refractivity contribution < 1.29 is 47.9 Å². The maximum absolute atomic E-state index is 14.4. The molecular weight excluding hydrogens is 1650 g/mol. The zero-order valence-electron chi connectivity index (χ0n) is 93.0. The summed E-state index contributed by atoms with van der Waals surface area (Å²) in [5.41, 5.74) is -3.93. The first-order valence-electron chi connectivity index (χ1n) is 49.8. The summed E-state index contributed by atoms with van der Waals surface area (Å²) in [4.78, 5) is 135. The van der Waals surface area contributed by atoms with Crippen LogP contribution >= 0.6 is 0 Å². The second kappa shape index (κ2) is 56.8. The van der Waals surface area contributed by atoms with Crippen LogP contribution in [0, 0.1) is 21.7 Å². The zero-order valence-corrected chi connectivity index (χ0v) is 93.0. The van der Waals surface area contributed by atoms with E-state index in [0.717, 1.165) is 84.1 Å². The number of hydrogen-bond acceptors (Lipinski definition) is 21. The Morgan fingerprint density at radius 1 is 0.183 bits per heavy atom. The highest BCUT2D eigenvalue weighted by molar-refractivity contribution is 5.97. The van der Waals surface area contributed by atoms with Gasteiger partial charge in [0.2, 0.25) is 35.4 Å². The molecule has 0 aromatic heterocycles. The largest absolute Gasteiger partial charge is 0.353 e. The van der Waals surface area contributed by atoms with Crippen LogP contribution in [-0.4, -0.2) is 226 Å². The monoisotopic (exact) mass is 1860 g/mol. The molecule has 0 radical (unpaired) electrons. The molecule has 131 heavy (non-hydrogen) atoms. The van der Waals surface area contributed by atoms with Crippen molar-refractivity contribution in [3.63, 3.8) is 0 Å². The van der Waals surface area contributed by atoms with Gasteiger partial charge >= 0.3 is 0 Å². The minimum atomic E-state index is -0.870. The maximum Gasteiger partial charge on any atom is 0.243 e. The van der Waals surface area contributed by atoms with E-state index in [-0.39, 0.29) is 140 Å². The lowest BCUT2D eigenvalue weighted by molar-refractivity contribution is -0.135. The molecule has 6 amide bonds. The number of unbranched alkanes of at least 4 members (excludes halogenated alkanes) is 5. The molecule has 0 aliphatic heterocycles. The minimum Gasteiger partial charge on any atom is -0.353 e. The Balaban J connectivity index is -0.00000208. The Bertz CT molecular complexity index is 3340. The third kappa shape index (κ3) is 72.1. The lowest BCUT2D eigenvalue weighted by Gasteiger charge is -2.33. The zero-order chi connectivity index (χ0) is 103. The first kappa shape index (κ1) is 130. The Kier molecular flexibility index (Phi) is 56.5. The van der Waals surface area contributed by atoms with E-state index in [1.165, 1.54) is 0 Å². The molecule has 9 unspecified atom stereocenters. The third-order valence-electron chi connectivity index (χ3n) is 20.5. The molecule has 27 heteroatoms. The molecule has 0 aliphatic rings. The molecule has 0 fully saturated rings. The second-order valence-corrected chi connectivity index (χ2v) is 52.5. The molecule has 17 N–H and O–H groups in total. The number of ketones is 4. The molecular formula is C104H211N17O10. The SMILES string of the molecule is CC(C)(C)NC(CCC(=O)C(C)(C)C)C(=O)C(C)(C)C.CC(C)(C)NCCCCC(NC(=O)C(CCCCNC(C)(C)C)NC(C)(C)C)C(=O)NC(CCCCNC(C)(C)C)C(=O)NC(CCCCNC(C)(C)C)C(=O)C(C)(C)C.CC(C)(C)NCCCCC(NC(C)(C)C)C(=O)NCC(NC(C)(C)C)C(=O)NCC(NC(C)(C)C)C(=O)NCC(NC(C)(C)C)C(=O)C(C)(C)C. The van der Waals surface area contributed by atoms with Crippen LogP contribution < -0.4 is 90.4 Å². The third-order valence-corrected chi connectivity index (χ3v) is 20.5. The van der Waals surface area contributed by atoms with Crippen LogP contribution in [0.5, 0.6) is 0 Å². The topological polar surface area (TPSA) is 375 Å². The van der Waals surface area contributed by atoms with Gasteiger partial charge in [0.05, 0.1) is 30.2 Å². The number of hydrogen-bond donors (Lipinski definition) is 17. The highest BCUT2D eigenvalue weighted by Crippen LogP contribution is 2.26. The van der Waals surface area contributed by atoms with Gasteiger partial charge in [-0.2, -0.15) is 0 Å². The Hall–Kier alpha value is -4.94. The minimum absolute atomic E-state index is 0.00184. The molecule has 0 aromatic carbocycles. The summed E-state index contributed by atoms with van der Waals surface area (Å²) in [7, 11) is 0. The lowest BCUT2D eigenvalue weighted by Crippen LogP contribution is -2.62. The van der Waals surface area contributed by atoms with E-state index in [9.17, 15) is 47.9 Å². The molecule has 0 rings (SSSR count). The van der Waals surface area contributed by atoms with E-state index in [0.29, 0.717) is 57.8 Å². The van der Waals surface area contributed by atoms with Crippen molar-refractivity contribution in [3.8, 4) is 0 Å². The number of rotatable bonds is 52. The fraction of sp³-hybridized carbons (Fsp3) is 0.904. The van der Waals surface area contributed by atoms with Crippen LogP contribution in [0.25, 0.3) is 0 Å². The van der Waals surface area contributed by atoms with Crippen molar-refractivity contribution in [2.75, 3.05) is 52.4 Å². The van der Waals surface area contributed by atoms with Crippen LogP contribution in [0.2, 0.25) is 0 Å². The normalized spacial score (nSPS) is 15.4. The second-order valence-electron chi connectivity index (χ2n) is 52.5. The van der Waals surface area contributed by atoms with Crippen molar-refractivity contribution in [1.29, 1.82) is 0 Å². The van der Waals surface area contributed by atoms with E-state index in [2.05, 4.69) is 194 Å². The van der Waals surface area contributed by atoms with Gasteiger partial charge in [-0.1, -0.05) is 95.9 Å². The van der Waals surface area contributed by atoms with Gasteiger partial charge in [-0.25, -0.2) is 0 Å². The van der Waals surface area contributed by atoms with Gasteiger partial charge in [-0.15, -0.1) is 0 Å². The average molecular weight is 1860 g/mol. The molecule has 0 aromatic rings. The van der Waals surface area contributed by atoms with Crippen molar-refractivity contribution in [3.05, 3.63) is 0 Å². The summed E-state index contributed by atoms with van der Waals surface area (Å²) < 4.78 is 0. The molecule has 0 saturated carbocycles. The molecule has 0 saturated heterocycles. The van der Waals surface area contributed by atoms with Gasteiger partial charge in [0.1, 0.15) is 30.0 Å². The van der Waals surface area contributed by atoms with E-state index >= 15 is 0 Å². The number of nitrogens with one attached hydrogen (secondary N) is 17. The van der Waals surface area contributed by atoms with E-state index in [1.807, 2.05) is 208 Å². The summed E-state index contributed by atoms with van der Waals surface area (Å²) in [6.07, 6.45) is 11.9. The van der Waals surface area contributed by atoms with Crippen LogP contribution in [0.4, 0.5) is 0 Å². The van der Waals surface area contributed by atoms with Crippen LogP contribution in [0.1, 0.15) is 421 Å². The molecule has 772 valence electrons. The van der Waals surface area contributed by atoms with Gasteiger partial charge in [0, 0.05) is 109 Å². The van der Waals surface area contributed by atoms with Crippen molar-refractivity contribution >= 4 is 58.6 Å². The summed E-state index contributed by atoms with van der Waals surface area (Å²) >= 11 is 0. The number of carbonyl (C=O) groups is 10. The molecule has 9 atom stereocenters. The predicted octanol–water partition coefficient (Wildman–Crippen LogP) is 14.3. The summed E-state index contributed by atoms with van der Waals surface area (Å²) in [6.45, 7) is 95.1. The highest BCUT2D eigenvalue weighted by atomic mass is 16.2. The first-order valence-corrected chi connectivity index (χ1v) is 49.8. The van der Waals surface area contributed by atoms with Gasteiger partial charge in [0.25, 0.3) is 0 Å². The maximum atomic E-state index is 14.4. The Labute approximate surface area is 802 Å². The highest BCUT2D eigenvalue weighted by Gasteiger charge is 2.39. The van der Waals surface area contributed by atoms with Gasteiger partial charge < -0.3 is 79.8 Å². The van der Waals surface area contributed by atoms with E-state index in [1.54, 1.807) is 0 Å². The average Bonchev–Trinajstić information content (AvgIpc) is 0.852. The van der Waals surface area contributed by atoms with Gasteiger partial charge in [-0.05, 0) is 351 Å². The molecule has 0 spiro atoms. The molecule has 27 nitrogen and oxygen atoms in total. The van der Waals surface area contributed by atoms with Crippen molar-refractivity contribution in [1.82, 2.24) is 90.4 Å². The molecule has 0 aliphatic carbocycles. The van der Waals surface area contributed by atoms with Crippen LogP contribution in [-0.2, 0) is 47.9 Å². The number of amides is 6. The van der Waals surface area contributed by atoms with Crippen LogP contribution in [0.15, 0.2) is 0 Å². The smallest absolute Gasteiger partial charge is 0.243 e.